The highest BCUT2D eigenvalue weighted by molar-refractivity contribution is 5.26. The molecule has 0 fully saturated rings. The maximum atomic E-state index is 10.1. The van der Waals surface area contributed by atoms with Crippen LogP contribution in [0.25, 0.3) is 0 Å². The lowest BCUT2D eigenvalue weighted by Gasteiger charge is -2.11. The van der Waals surface area contributed by atoms with E-state index < -0.39 is 6.10 Å². The first-order valence-corrected chi connectivity index (χ1v) is 5.25. The predicted octanol–water partition coefficient (Wildman–Crippen LogP) is 1.40. The van der Waals surface area contributed by atoms with Crippen molar-refractivity contribution in [3.05, 3.63) is 47.3 Å². The summed E-state index contributed by atoms with van der Waals surface area (Å²) in [5.74, 6) is 0. The lowest BCUT2D eigenvalue weighted by molar-refractivity contribution is 0.168. The molecule has 0 radical (unpaired) electrons. The van der Waals surface area contributed by atoms with E-state index in [1.165, 1.54) is 5.56 Å². The molecule has 1 heterocycles. The van der Waals surface area contributed by atoms with Gasteiger partial charge in [-0.05, 0) is 18.1 Å². The molecule has 0 aliphatic heterocycles. The summed E-state index contributed by atoms with van der Waals surface area (Å²) < 4.78 is 1.60. The standard InChI is InChI=1S/C12H15N3O/c1-9-5-3-4-6-10(9)7-12(16)11-8-13-14-15(11)2/h3-6,8,12,16H,7H2,1-2H3. The molecule has 2 aromatic rings. The van der Waals surface area contributed by atoms with Crippen molar-refractivity contribution in [2.24, 2.45) is 7.05 Å². The molecule has 0 aliphatic carbocycles. The third-order valence-corrected chi connectivity index (χ3v) is 2.77. The van der Waals surface area contributed by atoms with Gasteiger partial charge in [0.2, 0.25) is 0 Å². The van der Waals surface area contributed by atoms with Gasteiger partial charge in [0, 0.05) is 13.5 Å². The average Bonchev–Trinajstić information content (AvgIpc) is 2.68. The van der Waals surface area contributed by atoms with Crippen LogP contribution in [-0.2, 0) is 13.5 Å². The van der Waals surface area contributed by atoms with Crippen LogP contribution in [0.5, 0.6) is 0 Å². The number of nitrogens with zero attached hydrogens (tertiary/aromatic N) is 3. The quantitative estimate of drug-likeness (QED) is 0.845. The molecule has 84 valence electrons. The highest BCUT2D eigenvalue weighted by Crippen LogP contribution is 2.18. The number of aromatic nitrogens is 3. The molecule has 0 amide bonds. The smallest absolute Gasteiger partial charge is 0.101 e. The Morgan fingerprint density at radius 1 is 1.38 bits per heavy atom. The van der Waals surface area contributed by atoms with E-state index in [2.05, 4.69) is 10.3 Å². The highest BCUT2D eigenvalue weighted by Gasteiger charge is 2.13. The van der Waals surface area contributed by atoms with E-state index in [0.717, 1.165) is 11.3 Å². The van der Waals surface area contributed by atoms with Crippen LogP contribution in [0.2, 0.25) is 0 Å². The van der Waals surface area contributed by atoms with Gasteiger partial charge in [0.25, 0.3) is 0 Å². The van der Waals surface area contributed by atoms with Gasteiger partial charge in [-0.15, -0.1) is 5.10 Å². The van der Waals surface area contributed by atoms with Crippen molar-refractivity contribution in [2.45, 2.75) is 19.4 Å². The normalized spacial score (nSPS) is 12.7. The van der Waals surface area contributed by atoms with E-state index in [1.807, 2.05) is 31.2 Å². The molecule has 1 aromatic carbocycles. The number of aryl methyl sites for hydroxylation is 2. The van der Waals surface area contributed by atoms with Crippen molar-refractivity contribution < 1.29 is 5.11 Å². The largest absolute Gasteiger partial charge is 0.386 e. The zero-order valence-corrected chi connectivity index (χ0v) is 9.46. The van der Waals surface area contributed by atoms with Gasteiger partial charge in [0.1, 0.15) is 6.10 Å². The highest BCUT2D eigenvalue weighted by atomic mass is 16.3. The molecule has 0 aliphatic rings. The molecule has 1 atom stereocenters. The molecular weight excluding hydrogens is 202 g/mol. The molecule has 4 heteroatoms. The van der Waals surface area contributed by atoms with Crippen molar-refractivity contribution in [3.8, 4) is 0 Å². The average molecular weight is 217 g/mol. The molecule has 4 nitrogen and oxygen atoms in total. The summed E-state index contributed by atoms with van der Waals surface area (Å²) >= 11 is 0. The molecule has 1 aromatic heterocycles. The van der Waals surface area contributed by atoms with Gasteiger partial charge >= 0.3 is 0 Å². The Morgan fingerprint density at radius 3 is 2.75 bits per heavy atom. The Hall–Kier alpha value is -1.68. The van der Waals surface area contributed by atoms with Crippen LogP contribution >= 0.6 is 0 Å². The van der Waals surface area contributed by atoms with Gasteiger partial charge < -0.3 is 5.11 Å². The summed E-state index contributed by atoms with van der Waals surface area (Å²) in [6.07, 6.45) is 1.64. The van der Waals surface area contributed by atoms with E-state index >= 15 is 0 Å². The first kappa shape index (κ1) is 10.8. The Morgan fingerprint density at radius 2 is 2.12 bits per heavy atom. The zero-order valence-electron chi connectivity index (χ0n) is 9.46. The molecule has 2 rings (SSSR count). The van der Waals surface area contributed by atoms with Gasteiger partial charge in [-0.2, -0.15) is 0 Å². The molecule has 0 bridgehead atoms. The molecule has 1 unspecified atom stereocenters. The van der Waals surface area contributed by atoms with Crippen molar-refractivity contribution >= 4 is 0 Å². The number of aliphatic hydroxyl groups is 1. The SMILES string of the molecule is Cc1ccccc1CC(O)c1cnnn1C. The number of hydrogen-bond donors (Lipinski definition) is 1. The molecule has 1 N–H and O–H groups in total. The van der Waals surface area contributed by atoms with Gasteiger partial charge in [-0.25, -0.2) is 4.68 Å². The molecular formula is C12H15N3O. The van der Waals surface area contributed by atoms with Crippen molar-refractivity contribution in [1.82, 2.24) is 15.0 Å². The summed E-state index contributed by atoms with van der Waals surface area (Å²) in [6, 6.07) is 8.05. The fraction of sp³-hybridized carbons (Fsp3) is 0.333. The fourth-order valence-corrected chi connectivity index (χ4v) is 1.75. The second kappa shape index (κ2) is 4.45. The maximum Gasteiger partial charge on any atom is 0.101 e. The lowest BCUT2D eigenvalue weighted by Crippen LogP contribution is -2.08. The zero-order chi connectivity index (χ0) is 11.5. The van der Waals surface area contributed by atoms with E-state index in [1.54, 1.807) is 17.9 Å². The van der Waals surface area contributed by atoms with Crippen molar-refractivity contribution in [2.75, 3.05) is 0 Å². The molecule has 0 saturated carbocycles. The maximum absolute atomic E-state index is 10.1. The third-order valence-electron chi connectivity index (χ3n) is 2.77. The van der Waals surface area contributed by atoms with Crippen molar-refractivity contribution in [1.29, 1.82) is 0 Å². The van der Waals surface area contributed by atoms with Gasteiger partial charge in [-0.3, -0.25) is 0 Å². The van der Waals surface area contributed by atoms with Gasteiger partial charge in [-0.1, -0.05) is 29.5 Å². The molecule has 0 saturated heterocycles. The number of rotatable bonds is 3. The van der Waals surface area contributed by atoms with Crippen LogP contribution in [-0.4, -0.2) is 20.1 Å². The monoisotopic (exact) mass is 217 g/mol. The van der Waals surface area contributed by atoms with E-state index in [-0.39, 0.29) is 0 Å². The number of aliphatic hydroxyl groups excluding tert-OH is 1. The summed E-state index contributed by atoms with van der Waals surface area (Å²) in [5.41, 5.74) is 3.08. The number of hydrogen-bond acceptors (Lipinski definition) is 3. The molecule has 0 spiro atoms. The van der Waals surface area contributed by atoms with Crippen molar-refractivity contribution in [3.63, 3.8) is 0 Å². The van der Waals surface area contributed by atoms with Gasteiger partial charge in [0.15, 0.2) is 0 Å². The summed E-state index contributed by atoms with van der Waals surface area (Å²) in [5, 5.41) is 17.6. The Balaban J connectivity index is 2.17. The lowest BCUT2D eigenvalue weighted by atomic mass is 10.0. The minimum atomic E-state index is -0.555. The number of benzene rings is 1. The van der Waals surface area contributed by atoms with Crippen LogP contribution in [0.3, 0.4) is 0 Å². The topological polar surface area (TPSA) is 50.9 Å². The first-order chi connectivity index (χ1) is 7.68. The Labute approximate surface area is 94.5 Å². The minimum Gasteiger partial charge on any atom is -0.386 e. The second-order valence-corrected chi connectivity index (χ2v) is 3.93. The minimum absolute atomic E-state index is 0.555. The summed E-state index contributed by atoms with van der Waals surface area (Å²) in [4.78, 5) is 0. The van der Waals surface area contributed by atoms with Crippen LogP contribution in [0.15, 0.2) is 30.5 Å². The van der Waals surface area contributed by atoms with Crippen LogP contribution in [0.4, 0.5) is 0 Å². The third kappa shape index (κ3) is 2.12. The van der Waals surface area contributed by atoms with Crippen LogP contribution in [0, 0.1) is 6.92 Å². The predicted molar refractivity (Wildman–Crippen MR) is 60.8 cm³/mol. The Bertz CT molecular complexity index is 479. The van der Waals surface area contributed by atoms with E-state index in [0.29, 0.717) is 6.42 Å². The van der Waals surface area contributed by atoms with Crippen LogP contribution in [0.1, 0.15) is 22.9 Å². The van der Waals surface area contributed by atoms with E-state index in [9.17, 15) is 5.11 Å². The van der Waals surface area contributed by atoms with Gasteiger partial charge in [0.05, 0.1) is 11.9 Å². The Kier molecular flexibility index (Phi) is 3.01. The second-order valence-electron chi connectivity index (χ2n) is 3.93. The summed E-state index contributed by atoms with van der Waals surface area (Å²) in [6.45, 7) is 2.05. The molecule has 16 heavy (non-hydrogen) atoms. The fourth-order valence-electron chi connectivity index (χ4n) is 1.75. The first-order valence-electron chi connectivity index (χ1n) is 5.25. The summed E-state index contributed by atoms with van der Waals surface area (Å²) in [7, 11) is 1.78. The van der Waals surface area contributed by atoms with Crippen LogP contribution < -0.4 is 0 Å². The van der Waals surface area contributed by atoms with E-state index in [4.69, 9.17) is 0 Å².